The van der Waals surface area contributed by atoms with Crippen LogP contribution in [-0.4, -0.2) is 42.3 Å². The predicted molar refractivity (Wildman–Crippen MR) is 96.3 cm³/mol. The molecule has 1 aromatic carbocycles. The summed E-state index contributed by atoms with van der Waals surface area (Å²) < 4.78 is 12.1. The molecule has 140 valence electrons. The van der Waals surface area contributed by atoms with Crippen LogP contribution in [0.4, 0.5) is 10.5 Å². The smallest absolute Gasteiger partial charge is 0.319 e. The molecule has 2 N–H and O–H groups in total. The molecule has 1 aliphatic carbocycles. The molecular formula is C19H25N3O4. The van der Waals surface area contributed by atoms with E-state index in [4.69, 9.17) is 9.47 Å². The van der Waals surface area contributed by atoms with Crippen molar-refractivity contribution in [3.8, 4) is 11.5 Å². The van der Waals surface area contributed by atoms with E-state index >= 15 is 0 Å². The number of nitrogens with zero attached hydrogens (tertiary/aromatic N) is 1. The Balaban J connectivity index is 1.31. The Hall–Kier alpha value is -2.44. The number of carbonyl (C=O) groups is 2. The van der Waals surface area contributed by atoms with Gasteiger partial charge in [-0.1, -0.05) is 6.42 Å². The fourth-order valence-corrected chi connectivity index (χ4v) is 3.88. The van der Waals surface area contributed by atoms with Crippen molar-refractivity contribution in [2.45, 2.75) is 50.7 Å². The minimum absolute atomic E-state index is 0.0134. The molecule has 3 amide bonds. The van der Waals surface area contributed by atoms with Gasteiger partial charge in [0.2, 0.25) is 5.91 Å². The first-order valence-electron chi connectivity index (χ1n) is 9.48. The van der Waals surface area contributed by atoms with Gasteiger partial charge in [-0.15, -0.1) is 0 Å². The summed E-state index contributed by atoms with van der Waals surface area (Å²) in [5.41, 5.74) is 0.617. The van der Waals surface area contributed by atoms with Gasteiger partial charge in [0.25, 0.3) is 5.79 Å². The van der Waals surface area contributed by atoms with Gasteiger partial charge in [0.05, 0.1) is 6.54 Å². The van der Waals surface area contributed by atoms with Crippen molar-refractivity contribution < 1.29 is 19.1 Å². The highest BCUT2D eigenvalue weighted by atomic mass is 16.7. The summed E-state index contributed by atoms with van der Waals surface area (Å²) in [5, 5.41) is 5.37. The first-order valence-corrected chi connectivity index (χ1v) is 9.48. The molecule has 7 nitrogen and oxygen atoms in total. The van der Waals surface area contributed by atoms with E-state index in [1.165, 1.54) is 6.42 Å². The minimum atomic E-state index is -0.524. The first-order chi connectivity index (χ1) is 12.6. The second-order valence-electron chi connectivity index (χ2n) is 7.23. The van der Waals surface area contributed by atoms with Crippen molar-refractivity contribution in [1.29, 1.82) is 0 Å². The number of hydrogen-bond donors (Lipinski definition) is 2. The summed E-state index contributed by atoms with van der Waals surface area (Å²) in [7, 11) is 0. The highest BCUT2D eigenvalue weighted by Crippen LogP contribution is 2.46. The van der Waals surface area contributed by atoms with Crippen LogP contribution in [0.1, 0.15) is 44.9 Å². The number of nitrogens with one attached hydrogen (secondary N) is 2. The Morgan fingerprint density at radius 3 is 2.50 bits per heavy atom. The Labute approximate surface area is 153 Å². The lowest BCUT2D eigenvalue weighted by molar-refractivity contribution is -0.128. The van der Waals surface area contributed by atoms with Crippen molar-refractivity contribution in [1.82, 2.24) is 10.2 Å². The maximum Gasteiger partial charge on any atom is 0.319 e. The summed E-state index contributed by atoms with van der Waals surface area (Å²) in [5.74, 6) is 0.825. The Morgan fingerprint density at radius 1 is 1.00 bits per heavy atom. The van der Waals surface area contributed by atoms with Gasteiger partial charge < -0.3 is 25.0 Å². The number of fused-ring (bicyclic) bond motifs is 1. The molecule has 0 aromatic heterocycles. The molecule has 4 rings (SSSR count). The van der Waals surface area contributed by atoms with Crippen LogP contribution in [0, 0.1) is 0 Å². The molecule has 0 radical (unpaired) electrons. The van der Waals surface area contributed by atoms with Crippen LogP contribution in [0.2, 0.25) is 0 Å². The topological polar surface area (TPSA) is 79.9 Å². The molecule has 0 atom stereocenters. The van der Waals surface area contributed by atoms with Gasteiger partial charge in [-0.25, -0.2) is 4.79 Å². The summed E-state index contributed by atoms with van der Waals surface area (Å²) in [4.78, 5) is 25.8. The molecule has 0 unspecified atom stereocenters. The molecule has 3 aliphatic rings. The molecule has 1 saturated heterocycles. The van der Waals surface area contributed by atoms with E-state index in [-0.39, 0.29) is 12.5 Å². The average Bonchev–Trinajstić information content (AvgIpc) is 3.28. The standard InChI is InChI=1S/C19H25N3O4/c23-17(22-10-4-5-11-22)13-20-18(24)21-14-6-7-15-16(12-14)26-19(25-15)8-2-1-3-9-19/h6-7,12H,1-5,8-11,13H2,(H2,20,21,24). The summed E-state index contributed by atoms with van der Waals surface area (Å²) >= 11 is 0. The van der Waals surface area contributed by atoms with Crippen LogP contribution < -0.4 is 20.1 Å². The van der Waals surface area contributed by atoms with E-state index in [0.29, 0.717) is 11.4 Å². The second-order valence-corrected chi connectivity index (χ2v) is 7.23. The van der Waals surface area contributed by atoms with Crippen LogP contribution in [0.3, 0.4) is 0 Å². The molecule has 1 saturated carbocycles. The van der Waals surface area contributed by atoms with E-state index in [1.807, 2.05) is 6.07 Å². The summed E-state index contributed by atoms with van der Waals surface area (Å²) in [6.45, 7) is 1.58. The number of amides is 3. The fraction of sp³-hybridized carbons (Fsp3) is 0.579. The maximum atomic E-state index is 12.1. The number of carbonyl (C=O) groups excluding carboxylic acids is 2. The molecule has 2 fully saturated rings. The van der Waals surface area contributed by atoms with Crippen LogP contribution in [0.25, 0.3) is 0 Å². The van der Waals surface area contributed by atoms with Gasteiger partial charge in [-0.2, -0.15) is 0 Å². The van der Waals surface area contributed by atoms with Crippen molar-refractivity contribution in [2.75, 3.05) is 25.0 Å². The van der Waals surface area contributed by atoms with Crippen molar-refractivity contribution in [3.63, 3.8) is 0 Å². The lowest BCUT2D eigenvalue weighted by atomic mass is 9.94. The zero-order valence-electron chi connectivity index (χ0n) is 14.9. The molecule has 1 spiro atoms. The van der Waals surface area contributed by atoms with E-state index in [2.05, 4.69) is 10.6 Å². The molecule has 0 bridgehead atoms. The molecule has 7 heteroatoms. The third kappa shape index (κ3) is 3.57. The number of urea groups is 1. The van der Waals surface area contributed by atoms with Crippen molar-refractivity contribution >= 4 is 17.6 Å². The Kier molecular flexibility index (Phi) is 4.61. The third-order valence-electron chi connectivity index (χ3n) is 5.27. The maximum absolute atomic E-state index is 12.1. The lowest BCUT2D eigenvalue weighted by Gasteiger charge is -2.31. The largest absolute Gasteiger partial charge is 0.448 e. The van der Waals surface area contributed by atoms with Gasteiger partial charge in [0, 0.05) is 37.7 Å². The van der Waals surface area contributed by atoms with Crippen molar-refractivity contribution in [2.24, 2.45) is 0 Å². The zero-order chi connectivity index (χ0) is 18.0. The zero-order valence-corrected chi connectivity index (χ0v) is 14.9. The van der Waals surface area contributed by atoms with E-state index in [1.54, 1.807) is 17.0 Å². The Bertz CT molecular complexity index is 694. The molecule has 1 aromatic rings. The van der Waals surface area contributed by atoms with Gasteiger partial charge >= 0.3 is 6.03 Å². The summed E-state index contributed by atoms with van der Waals surface area (Å²) in [6, 6.07) is 4.99. The highest BCUT2D eigenvalue weighted by Gasteiger charge is 2.42. The van der Waals surface area contributed by atoms with Crippen LogP contribution in [0.5, 0.6) is 11.5 Å². The SMILES string of the molecule is O=C(NCC(=O)N1CCCC1)Nc1ccc2c(c1)OC1(CCCCC1)O2. The van der Waals surface area contributed by atoms with Crippen LogP contribution in [0.15, 0.2) is 18.2 Å². The Morgan fingerprint density at radius 2 is 1.73 bits per heavy atom. The number of anilines is 1. The summed E-state index contributed by atoms with van der Waals surface area (Å²) in [6.07, 6.45) is 7.29. The van der Waals surface area contributed by atoms with Gasteiger partial charge in [0.15, 0.2) is 11.5 Å². The number of ether oxygens (including phenoxy) is 2. The lowest BCUT2D eigenvalue weighted by Crippen LogP contribution is -2.40. The monoisotopic (exact) mass is 359 g/mol. The normalized spacial score (nSPS) is 20.2. The fourth-order valence-electron chi connectivity index (χ4n) is 3.88. The van der Waals surface area contributed by atoms with E-state index in [9.17, 15) is 9.59 Å². The molecule has 26 heavy (non-hydrogen) atoms. The van der Waals surface area contributed by atoms with Gasteiger partial charge in [-0.05, 0) is 37.8 Å². The van der Waals surface area contributed by atoms with E-state index in [0.717, 1.165) is 57.4 Å². The molecule has 2 aliphatic heterocycles. The average molecular weight is 359 g/mol. The molecule has 2 heterocycles. The predicted octanol–water partition coefficient (Wildman–Crippen LogP) is 2.86. The quantitative estimate of drug-likeness (QED) is 0.870. The second kappa shape index (κ2) is 7.05. The third-order valence-corrected chi connectivity index (χ3v) is 5.27. The number of hydrogen-bond acceptors (Lipinski definition) is 4. The van der Waals surface area contributed by atoms with Crippen LogP contribution >= 0.6 is 0 Å². The first kappa shape index (κ1) is 17.0. The van der Waals surface area contributed by atoms with Gasteiger partial charge in [-0.3, -0.25) is 4.79 Å². The molecular weight excluding hydrogens is 334 g/mol. The van der Waals surface area contributed by atoms with Crippen LogP contribution in [-0.2, 0) is 4.79 Å². The number of rotatable bonds is 3. The van der Waals surface area contributed by atoms with Gasteiger partial charge in [0.1, 0.15) is 0 Å². The van der Waals surface area contributed by atoms with Crippen molar-refractivity contribution in [3.05, 3.63) is 18.2 Å². The van der Waals surface area contributed by atoms with E-state index < -0.39 is 11.8 Å². The highest BCUT2D eigenvalue weighted by molar-refractivity contribution is 5.92. The number of benzene rings is 1. The minimum Gasteiger partial charge on any atom is -0.448 e. The number of likely N-dealkylation sites (tertiary alicyclic amines) is 1.